The number of hydrogen-bond donors (Lipinski definition) is 0. The number of alkyl halides is 2. The topological polar surface area (TPSA) is 78.1 Å². The zero-order valence-corrected chi connectivity index (χ0v) is 22.5. The Hall–Kier alpha value is -3.50. The van der Waals surface area contributed by atoms with Gasteiger partial charge in [-0.05, 0) is 37.6 Å². The van der Waals surface area contributed by atoms with E-state index in [1.807, 2.05) is 37.9 Å². The van der Waals surface area contributed by atoms with Gasteiger partial charge in [0.2, 0.25) is 0 Å². The minimum absolute atomic E-state index is 0.0554. The highest BCUT2D eigenvalue weighted by molar-refractivity contribution is 6.33. The summed E-state index contributed by atoms with van der Waals surface area (Å²) in [6.07, 6.45) is 4.22. The average Bonchev–Trinajstić information content (AvgIpc) is 3.46. The number of rotatable bonds is 11. The molecule has 0 N–H and O–H groups in total. The van der Waals surface area contributed by atoms with Gasteiger partial charge in [0, 0.05) is 50.4 Å². The van der Waals surface area contributed by atoms with Gasteiger partial charge in [-0.25, -0.2) is 4.68 Å². The van der Waals surface area contributed by atoms with Crippen molar-refractivity contribution in [2.75, 3.05) is 11.9 Å². The third-order valence-corrected chi connectivity index (χ3v) is 6.38. The van der Waals surface area contributed by atoms with Crippen LogP contribution in [0.25, 0.3) is 22.6 Å². The fourth-order valence-corrected chi connectivity index (χ4v) is 4.65. The first-order valence-electron chi connectivity index (χ1n) is 11.8. The number of anilines is 1. The predicted molar refractivity (Wildman–Crippen MR) is 143 cm³/mol. The maximum atomic E-state index is 12.8. The van der Waals surface area contributed by atoms with Crippen molar-refractivity contribution >= 4 is 35.3 Å². The second kappa shape index (κ2) is 11.9. The maximum absolute atomic E-state index is 12.8. The van der Waals surface area contributed by atoms with Gasteiger partial charge in [0.15, 0.2) is 5.75 Å². The number of aromatic nitrogens is 5. The molecule has 0 fully saturated rings. The molecule has 0 aliphatic heterocycles. The van der Waals surface area contributed by atoms with Crippen LogP contribution in [-0.4, -0.2) is 44.5 Å². The molecule has 0 unspecified atom stereocenters. The first-order chi connectivity index (χ1) is 18.2. The van der Waals surface area contributed by atoms with Crippen LogP contribution in [0.15, 0.2) is 48.8 Å². The van der Waals surface area contributed by atoms with E-state index in [1.165, 1.54) is 18.3 Å². The Labute approximate surface area is 228 Å². The molecule has 4 aromatic rings. The normalized spacial score (nSPS) is 11.4. The number of pyridine rings is 1. The molecule has 38 heavy (non-hydrogen) atoms. The molecule has 0 saturated carbocycles. The second-order valence-corrected chi connectivity index (χ2v) is 9.66. The number of carbonyl (C=O) groups is 1. The van der Waals surface area contributed by atoms with Gasteiger partial charge in [-0.15, -0.1) is 0 Å². The Morgan fingerprint density at radius 3 is 2.63 bits per heavy atom. The Morgan fingerprint density at radius 2 is 1.95 bits per heavy atom. The number of carbonyl (C=O) groups excluding carboxylic acids is 1. The van der Waals surface area contributed by atoms with E-state index < -0.39 is 6.61 Å². The largest absolute Gasteiger partial charge is 0.432 e. The van der Waals surface area contributed by atoms with E-state index in [-0.39, 0.29) is 17.5 Å². The van der Waals surface area contributed by atoms with Crippen LogP contribution in [0.3, 0.4) is 0 Å². The van der Waals surface area contributed by atoms with Crippen LogP contribution in [0, 0.1) is 0 Å². The first kappa shape index (κ1) is 27.5. The van der Waals surface area contributed by atoms with Crippen molar-refractivity contribution in [1.29, 1.82) is 0 Å². The van der Waals surface area contributed by atoms with Crippen LogP contribution in [-0.2, 0) is 17.9 Å². The molecule has 0 spiro atoms. The van der Waals surface area contributed by atoms with Crippen LogP contribution < -0.4 is 9.64 Å². The minimum atomic E-state index is -2.98. The summed E-state index contributed by atoms with van der Waals surface area (Å²) in [5, 5.41) is 9.92. The summed E-state index contributed by atoms with van der Waals surface area (Å²) in [6.45, 7) is 1.87. The zero-order chi connectivity index (χ0) is 27.4. The van der Waals surface area contributed by atoms with E-state index in [0.29, 0.717) is 46.5 Å². The van der Waals surface area contributed by atoms with Crippen LogP contribution in [0.4, 0.5) is 14.6 Å². The number of hydrogen-bond acceptors (Lipinski definition) is 6. The van der Waals surface area contributed by atoms with E-state index in [2.05, 4.69) is 14.8 Å². The lowest BCUT2D eigenvalue weighted by atomic mass is 10.1. The molecule has 3 heterocycles. The third kappa shape index (κ3) is 5.97. The Kier molecular flexibility index (Phi) is 8.63. The number of nitrogens with zero attached hydrogens (tertiary/aromatic N) is 6. The van der Waals surface area contributed by atoms with Gasteiger partial charge < -0.3 is 14.4 Å². The van der Waals surface area contributed by atoms with Crippen molar-refractivity contribution in [2.45, 2.75) is 46.0 Å². The molecule has 0 radical (unpaired) electrons. The Balaban J connectivity index is 1.63. The molecule has 12 heteroatoms. The summed E-state index contributed by atoms with van der Waals surface area (Å²) < 4.78 is 33.9. The molecule has 0 aliphatic carbocycles. The number of ether oxygens (including phenoxy) is 1. The number of benzene rings is 1. The van der Waals surface area contributed by atoms with Crippen molar-refractivity contribution in [3.8, 4) is 28.4 Å². The lowest BCUT2D eigenvalue weighted by molar-refractivity contribution is -0.108. The van der Waals surface area contributed by atoms with Gasteiger partial charge in [-0.1, -0.05) is 35.3 Å². The SMILES string of the molecule is CC(C)n1ncc(Cl)c1-c1cc(N(C)Cc2ccc(-c3ncccc3OC(F)F)c(Cl)c2)n(CCC=O)n1. The fraction of sp³-hybridized carbons (Fsp3) is 0.308. The highest BCUT2D eigenvalue weighted by Gasteiger charge is 2.21. The van der Waals surface area contributed by atoms with Gasteiger partial charge in [-0.3, -0.25) is 9.67 Å². The van der Waals surface area contributed by atoms with Gasteiger partial charge in [0.05, 0.1) is 16.2 Å². The molecule has 0 saturated heterocycles. The highest BCUT2D eigenvalue weighted by atomic mass is 35.5. The summed E-state index contributed by atoms with van der Waals surface area (Å²) in [7, 11) is 1.90. The molecule has 0 bridgehead atoms. The molecular weight excluding hydrogens is 537 g/mol. The molecule has 0 amide bonds. The van der Waals surface area contributed by atoms with E-state index in [0.717, 1.165) is 17.7 Å². The molecule has 0 aliphatic rings. The smallest absolute Gasteiger partial charge is 0.387 e. The summed E-state index contributed by atoms with van der Waals surface area (Å²) in [5.74, 6) is 0.715. The third-order valence-electron chi connectivity index (χ3n) is 5.79. The highest BCUT2D eigenvalue weighted by Crippen LogP contribution is 2.35. The lowest BCUT2D eigenvalue weighted by Crippen LogP contribution is -2.20. The number of halogens is 4. The minimum Gasteiger partial charge on any atom is -0.432 e. The van der Waals surface area contributed by atoms with Crippen LogP contribution in [0.1, 0.15) is 31.9 Å². The van der Waals surface area contributed by atoms with Crippen molar-refractivity contribution in [2.24, 2.45) is 0 Å². The summed E-state index contributed by atoms with van der Waals surface area (Å²) in [5.41, 5.74) is 2.91. The Bertz CT molecular complexity index is 1420. The Morgan fingerprint density at radius 1 is 1.16 bits per heavy atom. The van der Waals surface area contributed by atoms with Gasteiger partial charge >= 0.3 is 6.61 Å². The zero-order valence-electron chi connectivity index (χ0n) is 21.0. The monoisotopic (exact) mass is 562 g/mol. The molecule has 200 valence electrons. The average molecular weight is 563 g/mol. The van der Waals surface area contributed by atoms with Crippen molar-refractivity contribution in [3.05, 3.63) is 64.4 Å². The summed E-state index contributed by atoms with van der Waals surface area (Å²) in [4.78, 5) is 17.3. The molecule has 4 rings (SSSR count). The van der Waals surface area contributed by atoms with E-state index >= 15 is 0 Å². The number of aldehydes is 1. The van der Waals surface area contributed by atoms with Crippen molar-refractivity contribution < 1.29 is 18.3 Å². The molecule has 8 nitrogen and oxygen atoms in total. The van der Waals surface area contributed by atoms with Gasteiger partial charge in [0.1, 0.15) is 29.2 Å². The second-order valence-electron chi connectivity index (χ2n) is 8.84. The molecule has 1 aromatic carbocycles. The standard InChI is InChI=1S/C26H26Cl2F2N6O2/c1-16(2)36-25(20(28)14-32-36)21-13-23(35(33-21)10-5-11-37)34(3)15-17-7-8-18(19(27)12-17)24-22(38-26(29)30)6-4-9-31-24/h4,6-9,11-14,16,26H,5,10,15H2,1-3H3. The lowest BCUT2D eigenvalue weighted by Gasteiger charge is -2.20. The molecule has 0 atom stereocenters. The van der Waals surface area contributed by atoms with Crippen molar-refractivity contribution in [1.82, 2.24) is 24.5 Å². The van der Waals surface area contributed by atoms with Crippen LogP contribution >= 0.6 is 23.2 Å². The van der Waals surface area contributed by atoms with Crippen molar-refractivity contribution in [3.63, 3.8) is 0 Å². The molecular formula is C26H26Cl2F2N6O2. The summed E-state index contributed by atoms with van der Waals surface area (Å²) in [6, 6.07) is 10.2. The molecule has 3 aromatic heterocycles. The number of aryl methyl sites for hydroxylation is 1. The van der Waals surface area contributed by atoms with Crippen LogP contribution in [0.5, 0.6) is 5.75 Å². The summed E-state index contributed by atoms with van der Waals surface area (Å²) >= 11 is 13.0. The van der Waals surface area contributed by atoms with E-state index in [4.69, 9.17) is 28.3 Å². The quantitative estimate of drug-likeness (QED) is 0.193. The van der Waals surface area contributed by atoms with Gasteiger partial charge in [0.25, 0.3) is 0 Å². The van der Waals surface area contributed by atoms with E-state index in [9.17, 15) is 13.6 Å². The van der Waals surface area contributed by atoms with Gasteiger partial charge in [-0.2, -0.15) is 19.0 Å². The fourth-order valence-electron chi connectivity index (χ4n) is 4.13. The predicted octanol–water partition coefficient (Wildman–Crippen LogP) is 6.52. The first-order valence-corrected chi connectivity index (χ1v) is 12.6. The maximum Gasteiger partial charge on any atom is 0.387 e. The van der Waals surface area contributed by atoms with Crippen LogP contribution in [0.2, 0.25) is 10.0 Å². The van der Waals surface area contributed by atoms with E-state index in [1.54, 1.807) is 27.7 Å².